The fraction of sp³-hybridized carbons (Fsp3) is 0.533. The number of nitrogens with one attached hydrogen (secondary N) is 2. The molecular formula is C15H21F2N3S2. The quantitative estimate of drug-likeness (QED) is 0.605. The lowest BCUT2D eigenvalue weighted by molar-refractivity contribution is 0.252. The Morgan fingerprint density at radius 1 is 1.41 bits per heavy atom. The summed E-state index contributed by atoms with van der Waals surface area (Å²) in [5.74, 6) is -2.39. The van der Waals surface area contributed by atoms with Gasteiger partial charge in [0.25, 0.3) is 5.76 Å². The van der Waals surface area contributed by atoms with E-state index >= 15 is 0 Å². The minimum Gasteiger partial charge on any atom is -0.361 e. The summed E-state index contributed by atoms with van der Waals surface area (Å²) in [4.78, 5) is 3.00. The van der Waals surface area contributed by atoms with Crippen LogP contribution in [0.4, 0.5) is 14.5 Å². The van der Waals surface area contributed by atoms with Crippen LogP contribution in [0.3, 0.4) is 0 Å². The molecule has 1 saturated heterocycles. The molecule has 0 aliphatic carbocycles. The van der Waals surface area contributed by atoms with Gasteiger partial charge in [0.05, 0.1) is 0 Å². The fourth-order valence-corrected chi connectivity index (χ4v) is 3.35. The number of likely N-dealkylation sites (tertiary alicyclic amines) is 1. The molecule has 1 aliphatic rings. The molecule has 0 amide bonds. The van der Waals surface area contributed by atoms with Crippen molar-refractivity contribution in [1.29, 1.82) is 0 Å². The van der Waals surface area contributed by atoms with Crippen LogP contribution in [0.2, 0.25) is 0 Å². The molecule has 1 aromatic rings. The van der Waals surface area contributed by atoms with E-state index in [1.165, 1.54) is 12.8 Å². The molecule has 2 N–H and O–H groups in total. The van der Waals surface area contributed by atoms with Crippen molar-refractivity contribution in [2.24, 2.45) is 0 Å². The summed E-state index contributed by atoms with van der Waals surface area (Å²) in [7, 11) is 0. The van der Waals surface area contributed by atoms with E-state index in [1.807, 2.05) is 0 Å². The number of hydrogen-bond donors (Lipinski definition) is 2. The molecule has 7 heteroatoms. The molecule has 0 radical (unpaired) electrons. The molecule has 2 rings (SSSR count). The zero-order valence-corrected chi connectivity index (χ0v) is 14.2. The maximum Gasteiger partial charge on any atom is 0.288 e. The predicted octanol–water partition coefficient (Wildman–Crippen LogP) is 3.77. The zero-order valence-electron chi connectivity index (χ0n) is 12.5. The number of hydrogen-bond acceptors (Lipinski definition) is 3. The van der Waals surface area contributed by atoms with Gasteiger partial charge in [-0.05, 0) is 62.4 Å². The van der Waals surface area contributed by atoms with Gasteiger partial charge in [0, 0.05) is 23.2 Å². The normalized spacial score (nSPS) is 18.6. The Morgan fingerprint density at radius 2 is 2.14 bits per heavy atom. The number of alkyl halides is 2. The summed E-state index contributed by atoms with van der Waals surface area (Å²) in [5.41, 5.74) is 0.801. The van der Waals surface area contributed by atoms with E-state index in [2.05, 4.69) is 22.5 Å². The molecule has 1 fully saturated rings. The van der Waals surface area contributed by atoms with Crippen LogP contribution in [0.5, 0.6) is 0 Å². The van der Waals surface area contributed by atoms with Crippen LogP contribution in [0.25, 0.3) is 0 Å². The third-order valence-corrected chi connectivity index (χ3v) is 4.71. The molecule has 0 aromatic heterocycles. The number of thiocarbonyl (C=S) groups is 1. The minimum absolute atomic E-state index is 0.537. The van der Waals surface area contributed by atoms with Gasteiger partial charge in [0.15, 0.2) is 5.11 Å². The summed E-state index contributed by atoms with van der Waals surface area (Å²) >= 11 is 5.82. The SMILES string of the molecule is CCN1CCCC1CNC(=S)Nc1ccc(SC(F)F)cc1. The van der Waals surface area contributed by atoms with E-state index in [-0.39, 0.29) is 0 Å². The highest BCUT2D eigenvalue weighted by atomic mass is 32.2. The average molecular weight is 345 g/mol. The maximum atomic E-state index is 12.3. The largest absolute Gasteiger partial charge is 0.361 e. The highest BCUT2D eigenvalue weighted by Crippen LogP contribution is 2.26. The van der Waals surface area contributed by atoms with Gasteiger partial charge >= 0.3 is 0 Å². The Bertz CT molecular complexity index is 482. The van der Waals surface area contributed by atoms with E-state index in [0.29, 0.717) is 27.8 Å². The molecule has 1 aromatic carbocycles. The zero-order chi connectivity index (χ0) is 15.9. The molecule has 22 heavy (non-hydrogen) atoms. The third-order valence-electron chi connectivity index (χ3n) is 3.74. The van der Waals surface area contributed by atoms with Crippen molar-refractivity contribution < 1.29 is 8.78 Å². The summed E-state index contributed by atoms with van der Waals surface area (Å²) in [6.07, 6.45) is 2.44. The monoisotopic (exact) mass is 345 g/mol. The van der Waals surface area contributed by atoms with Crippen molar-refractivity contribution in [1.82, 2.24) is 10.2 Å². The maximum absolute atomic E-state index is 12.3. The second-order valence-corrected chi connectivity index (χ2v) is 6.63. The van der Waals surface area contributed by atoms with Gasteiger partial charge in [-0.1, -0.05) is 18.7 Å². The first-order valence-corrected chi connectivity index (χ1v) is 8.71. The summed E-state index contributed by atoms with van der Waals surface area (Å²) in [5, 5.41) is 6.89. The number of benzene rings is 1. The van der Waals surface area contributed by atoms with Gasteiger partial charge in [-0.15, -0.1) is 0 Å². The Morgan fingerprint density at radius 3 is 2.77 bits per heavy atom. The van der Waals surface area contributed by atoms with Gasteiger partial charge in [-0.25, -0.2) is 0 Å². The predicted molar refractivity (Wildman–Crippen MR) is 92.8 cm³/mol. The molecule has 0 spiro atoms. The number of thioether (sulfide) groups is 1. The Balaban J connectivity index is 1.77. The van der Waals surface area contributed by atoms with E-state index < -0.39 is 5.76 Å². The van der Waals surface area contributed by atoms with Gasteiger partial charge < -0.3 is 10.6 Å². The van der Waals surface area contributed by atoms with Crippen molar-refractivity contribution in [3.8, 4) is 0 Å². The summed E-state index contributed by atoms with van der Waals surface area (Å²) < 4.78 is 24.5. The standard InChI is InChI=1S/C15H21F2N3S2/c1-2-20-9-3-4-12(20)10-18-15(21)19-11-5-7-13(8-6-11)22-14(16)17/h5-8,12,14H,2-4,9-10H2,1H3,(H2,18,19,21). The van der Waals surface area contributed by atoms with E-state index in [4.69, 9.17) is 12.2 Å². The molecule has 3 nitrogen and oxygen atoms in total. The van der Waals surface area contributed by atoms with Crippen LogP contribution in [0.15, 0.2) is 29.2 Å². The molecule has 0 bridgehead atoms. The molecule has 1 aliphatic heterocycles. The Labute approximate surface area is 139 Å². The van der Waals surface area contributed by atoms with Crippen molar-refractivity contribution >= 4 is 34.8 Å². The first kappa shape index (κ1) is 17.4. The fourth-order valence-electron chi connectivity index (χ4n) is 2.65. The first-order chi connectivity index (χ1) is 10.6. The highest BCUT2D eigenvalue weighted by Gasteiger charge is 2.22. The van der Waals surface area contributed by atoms with Gasteiger partial charge in [-0.2, -0.15) is 8.78 Å². The van der Waals surface area contributed by atoms with E-state index in [0.717, 1.165) is 25.3 Å². The van der Waals surface area contributed by atoms with Crippen LogP contribution < -0.4 is 10.6 Å². The summed E-state index contributed by atoms with van der Waals surface area (Å²) in [6.45, 7) is 5.23. The van der Waals surface area contributed by atoms with E-state index in [1.54, 1.807) is 24.3 Å². The van der Waals surface area contributed by atoms with Crippen molar-refractivity contribution in [2.45, 2.75) is 36.5 Å². The number of anilines is 1. The number of rotatable bonds is 6. The van der Waals surface area contributed by atoms with Crippen LogP contribution in [-0.2, 0) is 0 Å². The van der Waals surface area contributed by atoms with Crippen LogP contribution >= 0.6 is 24.0 Å². The molecule has 1 unspecified atom stereocenters. The molecule has 1 atom stereocenters. The highest BCUT2D eigenvalue weighted by molar-refractivity contribution is 7.99. The second kappa shape index (κ2) is 8.64. The lowest BCUT2D eigenvalue weighted by Crippen LogP contribution is -2.41. The number of nitrogens with zero attached hydrogens (tertiary/aromatic N) is 1. The van der Waals surface area contributed by atoms with Crippen LogP contribution in [0.1, 0.15) is 19.8 Å². The van der Waals surface area contributed by atoms with Crippen LogP contribution in [-0.4, -0.2) is 41.4 Å². The number of likely N-dealkylation sites (N-methyl/N-ethyl adjacent to an activating group) is 1. The van der Waals surface area contributed by atoms with Crippen molar-refractivity contribution in [3.05, 3.63) is 24.3 Å². The van der Waals surface area contributed by atoms with Gasteiger partial charge in [0.2, 0.25) is 0 Å². The van der Waals surface area contributed by atoms with Crippen molar-refractivity contribution in [2.75, 3.05) is 25.0 Å². The smallest absolute Gasteiger partial charge is 0.288 e. The Kier molecular flexibility index (Phi) is 6.85. The van der Waals surface area contributed by atoms with Gasteiger partial charge in [-0.3, -0.25) is 4.90 Å². The van der Waals surface area contributed by atoms with Crippen molar-refractivity contribution in [3.63, 3.8) is 0 Å². The topological polar surface area (TPSA) is 27.3 Å². The lowest BCUT2D eigenvalue weighted by Gasteiger charge is -2.23. The lowest BCUT2D eigenvalue weighted by atomic mass is 10.2. The minimum atomic E-state index is -2.39. The Hall–Kier alpha value is -0.920. The van der Waals surface area contributed by atoms with Gasteiger partial charge in [0.1, 0.15) is 0 Å². The van der Waals surface area contributed by atoms with E-state index in [9.17, 15) is 8.78 Å². The molecule has 0 saturated carbocycles. The average Bonchev–Trinajstić information content (AvgIpc) is 2.94. The molecule has 122 valence electrons. The van der Waals surface area contributed by atoms with Crippen LogP contribution in [0, 0.1) is 0 Å². The number of halogens is 2. The molecular weight excluding hydrogens is 324 g/mol. The first-order valence-electron chi connectivity index (χ1n) is 7.42. The second-order valence-electron chi connectivity index (χ2n) is 5.16. The summed E-state index contributed by atoms with van der Waals surface area (Å²) in [6, 6.07) is 7.38. The third kappa shape index (κ3) is 5.37. The molecule has 1 heterocycles.